The van der Waals surface area contributed by atoms with Crippen LogP contribution in [0, 0.1) is 19.7 Å². The Balaban J connectivity index is 2.07. The Morgan fingerprint density at radius 2 is 1.81 bits per heavy atom. The van der Waals surface area contributed by atoms with Gasteiger partial charge in [-0.1, -0.05) is 0 Å². The van der Waals surface area contributed by atoms with E-state index in [-0.39, 0.29) is 5.69 Å². The lowest BCUT2D eigenvalue weighted by atomic mass is 10.1. The molecule has 1 heterocycles. The Labute approximate surface area is 122 Å². The first kappa shape index (κ1) is 13.4. The average Bonchev–Trinajstić information content (AvgIpc) is 2.45. The van der Waals surface area contributed by atoms with Crippen LogP contribution in [0.15, 0.2) is 42.6 Å². The van der Waals surface area contributed by atoms with Crippen molar-refractivity contribution >= 4 is 16.6 Å². The topological polar surface area (TPSA) is 48.1 Å². The normalized spacial score (nSPS) is 10.8. The molecule has 0 spiro atoms. The molecule has 0 aliphatic carbocycles. The number of hydrogen-bond donors (Lipinski definition) is 1. The third-order valence-electron chi connectivity index (χ3n) is 3.52. The predicted molar refractivity (Wildman–Crippen MR) is 82.1 cm³/mol. The standard InChI is InChI=1S/C17H15FN2O/c1-10-7-13-16(8-11(10)2)20-6-5-17(13)21-12-3-4-15(19)14(18)9-12/h3-9H,19H2,1-2H3. The molecule has 106 valence electrons. The first-order chi connectivity index (χ1) is 10.0. The molecule has 0 bridgehead atoms. The molecular formula is C17H15FN2O. The van der Waals surface area contributed by atoms with Crippen LogP contribution in [0.5, 0.6) is 11.5 Å². The molecule has 0 unspecified atom stereocenters. The van der Waals surface area contributed by atoms with Crippen LogP contribution in [0.4, 0.5) is 10.1 Å². The summed E-state index contributed by atoms with van der Waals surface area (Å²) in [7, 11) is 0. The molecule has 2 N–H and O–H groups in total. The second-order valence-corrected chi connectivity index (χ2v) is 5.05. The number of anilines is 1. The molecule has 4 heteroatoms. The van der Waals surface area contributed by atoms with E-state index in [1.54, 1.807) is 18.3 Å². The van der Waals surface area contributed by atoms with Gasteiger partial charge in [0.05, 0.1) is 11.2 Å². The highest BCUT2D eigenvalue weighted by Crippen LogP contribution is 2.31. The molecule has 3 aromatic rings. The van der Waals surface area contributed by atoms with E-state index in [1.807, 2.05) is 26.0 Å². The summed E-state index contributed by atoms with van der Waals surface area (Å²) in [4.78, 5) is 4.34. The zero-order chi connectivity index (χ0) is 15.0. The second kappa shape index (κ2) is 5.05. The monoisotopic (exact) mass is 282 g/mol. The minimum absolute atomic E-state index is 0.105. The number of hydrogen-bond acceptors (Lipinski definition) is 3. The first-order valence-electron chi connectivity index (χ1n) is 6.63. The van der Waals surface area contributed by atoms with Gasteiger partial charge in [0.1, 0.15) is 17.3 Å². The maximum absolute atomic E-state index is 13.5. The van der Waals surface area contributed by atoms with E-state index in [9.17, 15) is 4.39 Å². The number of nitrogens with zero attached hydrogens (tertiary/aromatic N) is 1. The van der Waals surface area contributed by atoms with Gasteiger partial charge in [0, 0.05) is 17.6 Å². The van der Waals surface area contributed by atoms with Gasteiger partial charge < -0.3 is 10.5 Å². The van der Waals surface area contributed by atoms with Crippen LogP contribution >= 0.6 is 0 Å². The summed E-state index contributed by atoms with van der Waals surface area (Å²) in [5.74, 6) is 0.567. The van der Waals surface area contributed by atoms with Crippen LogP contribution in [0.25, 0.3) is 10.9 Å². The summed E-state index contributed by atoms with van der Waals surface area (Å²) in [5.41, 5.74) is 8.76. The van der Waals surface area contributed by atoms with E-state index in [2.05, 4.69) is 4.98 Å². The molecule has 0 aliphatic rings. The highest BCUT2D eigenvalue weighted by Gasteiger charge is 2.08. The highest BCUT2D eigenvalue weighted by molar-refractivity contribution is 5.86. The van der Waals surface area contributed by atoms with E-state index in [4.69, 9.17) is 10.5 Å². The van der Waals surface area contributed by atoms with Crippen LogP contribution in [0.2, 0.25) is 0 Å². The van der Waals surface area contributed by atoms with Gasteiger partial charge in [0.2, 0.25) is 0 Å². The van der Waals surface area contributed by atoms with Gasteiger partial charge in [-0.05, 0) is 55.3 Å². The summed E-state index contributed by atoms with van der Waals surface area (Å²) in [6.07, 6.45) is 1.68. The number of aromatic nitrogens is 1. The van der Waals surface area contributed by atoms with E-state index >= 15 is 0 Å². The lowest BCUT2D eigenvalue weighted by molar-refractivity contribution is 0.482. The van der Waals surface area contributed by atoms with Gasteiger partial charge in [-0.2, -0.15) is 0 Å². The lowest BCUT2D eigenvalue weighted by Gasteiger charge is -2.11. The van der Waals surface area contributed by atoms with Gasteiger partial charge in [0.15, 0.2) is 0 Å². The fraction of sp³-hybridized carbons (Fsp3) is 0.118. The molecule has 0 amide bonds. The van der Waals surface area contributed by atoms with Crippen molar-refractivity contribution in [3.05, 3.63) is 59.5 Å². The smallest absolute Gasteiger partial charge is 0.149 e. The van der Waals surface area contributed by atoms with Gasteiger partial charge in [-0.3, -0.25) is 4.98 Å². The Morgan fingerprint density at radius 3 is 2.57 bits per heavy atom. The first-order valence-corrected chi connectivity index (χ1v) is 6.63. The minimum atomic E-state index is -0.488. The second-order valence-electron chi connectivity index (χ2n) is 5.05. The molecule has 0 fully saturated rings. The van der Waals surface area contributed by atoms with Gasteiger partial charge in [-0.15, -0.1) is 0 Å². The van der Waals surface area contributed by atoms with Crippen LogP contribution in [-0.4, -0.2) is 4.98 Å². The number of ether oxygens (including phenoxy) is 1. The SMILES string of the molecule is Cc1cc2nccc(Oc3ccc(N)c(F)c3)c2cc1C. The van der Waals surface area contributed by atoms with Crippen molar-refractivity contribution in [3.8, 4) is 11.5 Å². The van der Waals surface area contributed by atoms with Gasteiger partial charge in [-0.25, -0.2) is 4.39 Å². The largest absolute Gasteiger partial charge is 0.456 e. The molecule has 0 atom stereocenters. The fourth-order valence-corrected chi connectivity index (χ4v) is 2.17. The van der Waals surface area contributed by atoms with Crippen LogP contribution < -0.4 is 10.5 Å². The molecule has 0 radical (unpaired) electrons. The highest BCUT2D eigenvalue weighted by atomic mass is 19.1. The van der Waals surface area contributed by atoms with Crippen molar-refractivity contribution in [2.75, 3.05) is 5.73 Å². The Morgan fingerprint density at radius 1 is 1.05 bits per heavy atom. The number of aryl methyl sites for hydroxylation is 2. The van der Waals surface area contributed by atoms with E-state index in [0.29, 0.717) is 11.5 Å². The van der Waals surface area contributed by atoms with Crippen molar-refractivity contribution in [1.29, 1.82) is 0 Å². The van der Waals surface area contributed by atoms with E-state index in [0.717, 1.165) is 16.5 Å². The van der Waals surface area contributed by atoms with E-state index in [1.165, 1.54) is 17.7 Å². The number of pyridine rings is 1. The molecule has 2 aromatic carbocycles. The van der Waals surface area contributed by atoms with Crippen LogP contribution in [0.3, 0.4) is 0 Å². The number of fused-ring (bicyclic) bond motifs is 1. The Hall–Kier alpha value is -2.62. The minimum Gasteiger partial charge on any atom is -0.456 e. The van der Waals surface area contributed by atoms with E-state index < -0.39 is 5.82 Å². The quantitative estimate of drug-likeness (QED) is 0.710. The Kier molecular flexibility index (Phi) is 3.22. The van der Waals surface area contributed by atoms with Crippen molar-refractivity contribution in [2.45, 2.75) is 13.8 Å². The number of benzene rings is 2. The lowest BCUT2D eigenvalue weighted by Crippen LogP contribution is -1.93. The van der Waals surface area contributed by atoms with Crippen molar-refractivity contribution < 1.29 is 9.13 Å². The zero-order valence-corrected chi connectivity index (χ0v) is 11.9. The number of halogens is 1. The molecule has 0 saturated carbocycles. The predicted octanol–water partition coefficient (Wildman–Crippen LogP) is 4.37. The number of rotatable bonds is 2. The molecular weight excluding hydrogens is 267 g/mol. The third kappa shape index (κ3) is 2.52. The summed E-state index contributed by atoms with van der Waals surface area (Å²) in [6, 6.07) is 10.2. The van der Waals surface area contributed by atoms with Crippen molar-refractivity contribution in [3.63, 3.8) is 0 Å². The molecule has 3 nitrogen and oxygen atoms in total. The molecule has 3 rings (SSSR count). The zero-order valence-electron chi connectivity index (χ0n) is 11.9. The summed E-state index contributed by atoms with van der Waals surface area (Å²) in [5, 5.41) is 0.901. The van der Waals surface area contributed by atoms with Crippen LogP contribution in [0.1, 0.15) is 11.1 Å². The Bertz CT molecular complexity index is 830. The third-order valence-corrected chi connectivity index (χ3v) is 3.52. The molecule has 0 aliphatic heterocycles. The summed E-state index contributed by atoms with van der Waals surface area (Å²) < 4.78 is 19.3. The average molecular weight is 282 g/mol. The number of nitrogens with two attached hydrogens (primary N) is 1. The molecule has 21 heavy (non-hydrogen) atoms. The molecule has 0 saturated heterocycles. The van der Waals surface area contributed by atoms with Crippen molar-refractivity contribution in [1.82, 2.24) is 4.98 Å². The van der Waals surface area contributed by atoms with Gasteiger partial charge in [0.25, 0.3) is 0 Å². The number of nitrogen functional groups attached to an aromatic ring is 1. The fourth-order valence-electron chi connectivity index (χ4n) is 2.17. The van der Waals surface area contributed by atoms with Crippen molar-refractivity contribution in [2.24, 2.45) is 0 Å². The summed E-state index contributed by atoms with van der Waals surface area (Å²) in [6.45, 7) is 4.08. The van der Waals surface area contributed by atoms with Crippen LogP contribution in [-0.2, 0) is 0 Å². The maximum atomic E-state index is 13.5. The van der Waals surface area contributed by atoms with Gasteiger partial charge >= 0.3 is 0 Å². The summed E-state index contributed by atoms with van der Waals surface area (Å²) >= 11 is 0. The maximum Gasteiger partial charge on any atom is 0.149 e. The molecule has 1 aromatic heterocycles.